The number of benzene rings is 1. The first kappa shape index (κ1) is 21.9. The Labute approximate surface area is 176 Å². The second-order valence-electron chi connectivity index (χ2n) is 7.19. The van der Waals surface area contributed by atoms with Gasteiger partial charge in [0.05, 0.1) is 10.7 Å². The van der Waals surface area contributed by atoms with Gasteiger partial charge in [0.1, 0.15) is 6.54 Å². The summed E-state index contributed by atoms with van der Waals surface area (Å²) in [6, 6.07) is 7.57. The van der Waals surface area contributed by atoms with Gasteiger partial charge in [0.2, 0.25) is 5.91 Å². The van der Waals surface area contributed by atoms with Crippen LogP contribution in [0.3, 0.4) is 0 Å². The largest absolute Gasteiger partial charge is 0.436 e. The van der Waals surface area contributed by atoms with Crippen molar-refractivity contribution in [1.82, 2.24) is 14.7 Å². The van der Waals surface area contributed by atoms with Crippen LogP contribution in [0, 0.1) is 12.8 Å². The molecule has 0 saturated carbocycles. The molecule has 1 saturated heterocycles. The normalized spacial score (nSPS) is 20.2. The van der Waals surface area contributed by atoms with Gasteiger partial charge in [-0.15, -0.1) is 0 Å². The molecule has 29 heavy (non-hydrogen) atoms. The molecule has 1 aromatic carbocycles. The van der Waals surface area contributed by atoms with Crippen LogP contribution in [0.1, 0.15) is 29.3 Å². The van der Waals surface area contributed by atoms with Gasteiger partial charge in [-0.1, -0.05) is 35.3 Å². The molecule has 0 aliphatic carbocycles. The molecule has 1 aromatic heterocycles. The van der Waals surface area contributed by atoms with E-state index in [1.807, 2.05) is 24.3 Å². The monoisotopic (exact) mass is 448 g/mol. The van der Waals surface area contributed by atoms with Gasteiger partial charge in [-0.3, -0.25) is 9.48 Å². The molecule has 1 aliphatic heterocycles. The third-order valence-corrected chi connectivity index (χ3v) is 6.08. The predicted molar refractivity (Wildman–Crippen MR) is 105 cm³/mol. The highest BCUT2D eigenvalue weighted by Crippen LogP contribution is 2.36. The van der Waals surface area contributed by atoms with Crippen LogP contribution in [0.25, 0.3) is 0 Å². The first-order valence-corrected chi connectivity index (χ1v) is 9.90. The van der Waals surface area contributed by atoms with Gasteiger partial charge in [-0.2, -0.15) is 18.3 Å². The number of hydrogen-bond acceptors (Lipinski definition) is 3. The maximum Gasteiger partial charge on any atom is 0.436 e. The molecule has 2 heterocycles. The number of likely N-dealkylation sites (tertiary alicyclic amines) is 1. The highest BCUT2D eigenvalue weighted by Gasteiger charge is 2.39. The van der Waals surface area contributed by atoms with Crippen LogP contribution in [0.15, 0.2) is 24.3 Å². The van der Waals surface area contributed by atoms with Crippen molar-refractivity contribution in [3.63, 3.8) is 0 Å². The van der Waals surface area contributed by atoms with Gasteiger partial charge in [-0.05, 0) is 49.4 Å². The Hall–Kier alpha value is -1.77. The van der Waals surface area contributed by atoms with E-state index in [0.29, 0.717) is 31.1 Å². The summed E-state index contributed by atoms with van der Waals surface area (Å²) in [5.74, 6) is -0.0741. The van der Waals surface area contributed by atoms with Crippen LogP contribution in [-0.4, -0.2) is 40.2 Å². The topological polar surface area (TPSA) is 64.2 Å². The molecule has 3 rings (SSSR count). The zero-order valence-electron chi connectivity index (χ0n) is 15.7. The maximum atomic E-state index is 13.0. The number of carbonyl (C=O) groups is 1. The second kappa shape index (κ2) is 8.53. The lowest BCUT2D eigenvalue weighted by Gasteiger charge is -2.38. The fourth-order valence-corrected chi connectivity index (χ4v) is 4.10. The summed E-state index contributed by atoms with van der Waals surface area (Å²) in [7, 11) is 0. The van der Waals surface area contributed by atoms with Gasteiger partial charge in [0.25, 0.3) is 0 Å². The maximum absolute atomic E-state index is 13.0. The van der Waals surface area contributed by atoms with Crippen LogP contribution in [0.2, 0.25) is 10.0 Å². The predicted octanol–water partition coefficient (Wildman–Crippen LogP) is 4.11. The standard InChI is InChI=1S/C19H21Cl2F3N4O/c1-11-17(21)18(19(22,23)24)26-28(11)10-16(29)27-7-6-15(13(8-25)9-27)12-2-4-14(20)5-3-12/h2-5,13,15H,6-10,25H2,1H3. The zero-order chi connectivity index (χ0) is 21.3. The molecular formula is C19H21Cl2F3N4O. The van der Waals surface area contributed by atoms with E-state index < -0.39 is 16.9 Å². The fourth-order valence-electron chi connectivity index (χ4n) is 3.73. The van der Waals surface area contributed by atoms with E-state index in [1.54, 1.807) is 4.90 Å². The molecule has 5 nitrogen and oxygen atoms in total. The number of alkyl halides is 3. The lowest BCUT2D eigenvalue weighted by atomic mass is 9.80. The van der Waals surface area contributed by atoms with Crippen LogP contribution >= 0.6 is 23.2 Å². The molecule has 1 aliphatic rings. The molecular weight excluding hydrogens is 428 g/mol. The van der Waals surface area contributed by atoms with Crippen molar-refractivity contribution in [2.24, 2.45) is 11.7 Å². The van der Waals surface area contributed by atoms with Gasteiger partial charge >= 0.3 is 6.18 Å². The summed E-state index contributed by atoms with van der Waals surface area (Å²) in [6.07, 6.45) is -3.96. The SMILES string of the molecule is Cc1c(Cl)c(C(F)(F)F)nn1CC(=O)N1CCC(c2ccc(Cl)cc2)C(CN)C1. The number of rotatable bonds is 4. The first-order chi connectivity index (χ1) is 13.6. The Morgan fingerprint density at radius 2 is 1.93 bits per heavy atom. The summed E-state index contributed by atoms with van der Waals surface area (Å²) >= 11 is 11.7. The van der Waals surface area contributed by atoms with Gasteiger partial charge in [-0.25, -0.2) is 0 Å². The number of carbonyl (C=O) groups excluding carboxylic acids is 1. The van der Waals surface area contributed by atoms with Crippen LogP contribution in [-0.2, 0) is 17.5 Å². The molecule has 2 unspecified atom stereocenters. The van der Waals surface area contributed by atoms with E-state index in [1.165, 1.54) is 6.92 Å². The average Bonchev–Trinajstić information content (AvgIpc) is 2.96. The molecule has 158 valence electrons. The van der Waals surface area contributed by atoms with Gasteiger partial charge in [0.15, 0.2) is 5.69 Å². The van der Waals surface area contributed by atoms with Crippen molar-refractivity contribution in [3.05, 3.63) is 51.3 Å². The Morgan fingerprint density at radius 3 is 2.48 bits per heavy atom. The Morgan fingerprint density at radius 1 is 1.28 bits per heavy atom. The van der Waals surface area contributed by atoms with E-state index >= 15 is 0 Å². The first-order valence-electron chi connectivity index (χ1n) is 9.15. The number of halogens is 5. The van der Waals surface area contributed by atoms with Gasteiger partial charge < -0.3 is 10.6 Å². The lowest BCUT2D eigenvalue weighted by Crippen LogP contribution is -2.46. The third-order valence-electron chi connectivity index (χ3n) is 5.37. The minimum atomic E-state index is -4.67. The van der Waals surface area contributed by atoms with Crippen LogP contribution in [0.5, 0.6) is 0 Å². The molecule has 0 spiro atoms. The zero-order valence-corrected chi connectivity index (χ0v) is 17.2. The number of hydrogen-bond donors (Lipinski definition) is 1. The van der Waals surface area contributed by atoms with E-state index in [2.05, 4.69) is 5.10 Å². The second-order valence-corrected chi connectivity index (χ2v) is 8.00. The van der Waals surface area contributed by atoms with Crippen LogP contribution < -0.4 is 5.73 Å². The summed E-state index contributed by atoms with van der Waals surface area (Å²) < 4.78 is 40.0. The molecule has 2 aromatic rings. The van der Waals surface area contributed by atoms with E-state index in [9.17, 15) is 18.0 Å². The highest BCUT2D eigenvalue weighted by atomic mass is 35.5. The minimum Gasteiger partial charge on any atom is -0.341 e. The molecule has 0 radical (unpaired) electrons. The Kier molecular flexibility index (Phi) is 6.45. The summed E-state index contributed by atoms with van der Waals surface area (Å²) in [5, 5.41) is 3.67. The molecule has 10 heteroatoms. The minimum absolute atomic E-state index is 0.0434. The van der Waals surface area contributed by atoms with E-state index in [-0.39, 0.29) is 30.0 Å². The summed E-state index contributed by atoms with van der Waals surface area (Å²) in [6.45, 7) is 2.42. The highest BCUT2D eigenvalue weighted by molar-refractivity contribution is 6.32. The van der Waals surface area contributed by atoms with E-state index in [4.69, 9.17) is 28.9 Å². The number of amides is 1. The number of aromatic nitrogens is 2. The number of nitrogens with two attached hydrogens (primary N) is 1. The van der Waals surface area contributed by atoms with Crippen molar-refractivity contribution in [1.29, 1.82) is 0 Å². The molecule has 2 N–H and O–H groups in total. The number of piperidine rings is 1. The van der Waals surface area contributed by atoms with Crippen molar-refractivity contribution < 1.29 is 18.0 Å². The summed E-state index contributed by atoms with van der Waals surface area (Å²) in [5.41, 5.74) is 5.99. The Balaban J connectivity index is 1.71. The van der Waals surface area contributed by atoms with E-state index in [0.717, 1.165) is 10.2 Å². The average molecular weight is 449 g/mol. The van der Waals surface area contributed by atoms with Crippen molar-refractivity contribution >= 4 is 29.1 Å². The molecule has 1 fully saturated rings. The van der Waals surface area contributed by atoms with Crippen molar-refractivity contribution in [3.8, 4) is 0 Å². The smallest absolute Gasteiger partial charge is 0.341 e. The fraction of sp³-hybridized carbons (Fsp3) is 0.474. The Bertz CT molecular complexity index is 883. The van der Waals surface area contributed by atoms with Crippen LogP contribution in [0.4, 0.5) is 13.2 Å². The molecule has 2 atom stereocenters. The molecule has 0 bridgehead atoms. The van der Waals surface area contributed by atoms with Crippen molar-refractivity contribution in [2.75, 3.05) is 19.6 Å². The third kappa shape index (κ3) is 4.70. The van der Waals surface area contributed by atoms with Gasteiger partial charge in [0, 0.05) is 18.1 Å². The lowest BCUT2D eigenvalue weighted by molar-refractivity contribution is -0.142. The quantitative estimate of drug-likeness (QED) is 0.765. The van der Waals surface area contributed by atoms with Crippen molar-refractivity contribution in [2.45, 2.75) is 32.0 Å². The number of nitrogens with zero attached hydrogens (tertiary/aromatic N) is 3. The molecule has 1 amide bonds. The summed E-state index contributed by atoms with van der Waals surface area (Å²) in [4.78, 5) is 14.4.